The maximum atomic E-state index is 13.7. The van der Waals surface area contributed by atoms with Crippen molar-refractivity contribution < 1.29 is 14.0 Å². The summed E-state index contributed by atoms with van der Waals surface area (Å²) in [5, 5.41) is 3.21. The van der Waals surface area contributed by atoms with Gasteiger partial charge in [-0.2, -0.15) is 0 Å². The Hall–Kier alpha value is -2.77. The van der Waals surface area contributed by atoms with Gasteiger partial charge in [-0.25, -0.2) is 4.39 Å². The van der Waals surface area contributed by atoms with Gasteiger partial charge in [-0.3, -0.25) is 14.5 Å². The Kier molecular flexibility index (Phi) is 10.7. The maximum absolute atomic E-state index is 13.7. The Morgan fingerprint density at radius 2 is 1.65 bits per heavy atom. The second-order valence-electron chi connectivity index (χ2n) is 12.4. The number of piperidine rings is 1. The van der Waals surface area contributed by atoms with Gasteiger partial charge in [0.05, 0.1) is 0 Å². The number of amides is 2. The highest BCUT2D eigenvalue weighted by Crippen LogP contribution is 2.29. The molecular weight excluding hydrogens is 503 g/mol. The minimum absolute atomic E-state index is 0.0825. The molecule has 1 aliphatic carbocycles. The van der Waals surface area contributed by atoms with Crippen LogP contribution >= 0.6 is 0 Å². The van der Waals surface area contributed by atoms with E-state index in [0.717, 1.165) is 51.7 Å². The average molecular weight is 551 g/mol. The zero-order chi connectivity index (χ0) is 28.6. The van der Waals surface area contributed by atoms with Crippen molar-refractivity contribution in [2.45, 2.75) is 77.9 Å². The van der Waals surface area contributed by atoms with Crippen LogP contribution in [0.15, 0.2) is 48.5 Å². The van der Waals surface area contributed by atoms with Crippen molar-refractivity contribution in [3.63, 3.8) is 0 Å². The second kappa shape index (κ2) is 14.2. The number of rotatable bonds is 10. The normalized spacial score (nSPS) is 23.4. The van der Waals surface area contributed by atoms with Crippen molar-refractivity contribution in [3.05, 3.63) is 71.0 Å². The van der Waals surface area contributed by atoms with Gasteiger partial charge in [0.1, 0.15) is 11.9 Å². The molecule has 2 amide bonds. The molecule has 2 aliphatic rings. The lowest BCUT2D eigenvalue weighted by molar-refractivity contribution is -0.128. The predicted octanol–water partition coefficient (Wildman–Crippen LogP) is 5.15. The SMILES string of the molecule is Cc1ccc(CN(CC(C)C)C2CCN(C(=O)c3ccc(F)cc3)[C@@H](C(=O)NCC3CCC(CN)CC3)C2)cc1. The molecule has 4 rings (SSSR count). The molecule has 1 saturated carbocycles. The van der Waals surface area contributed by atoms with Gasteiger partial charge < -0.3 is 16.0 Å². The molecule has 0 radical (unpaired) electrons. The fourth-order valence-corrected chi connectivity index (χ4v) is 6.30. The Morgan fingerprint density at radius 1 is 1.00 bits per heavy atom. The maximum Gasteiger partial charge on any atom is 0.254 e. The molecule has 40 heavy (non-hydrogen) atoms. The Morgan fingerprint density at radius 3 is 2.27 bits per heavy atom. The first-order valence-corrected chi connectivity index (χ1v) is 15.1. The number of hydrogen-bond acceptors (Lipinski definition) is 4. The van der Waals surface area contributed by atoms with Crippen molar-refractivity contribution >= 4 is 11.8 Å². The van der Waals surface area contributed by atoms with E-state index in [1.807, 2.05) is 0 Å². The Balaban J connectivity index is 1.50. The molecule has 0 bridgehead atoms. The number of halogens is 1. The van der Waals surface area contributed by atoms with E-state index >= 15 is 0 Å². The minimum Gasteiger partial charge on any atom is -0.354 e. The van der Waals surface area contributed by atoms with Gasteiger partial charge in [0.2, 0.25) is 5.91 Å². The summed E-state index contributed by atoms with van der Waals surface area (Å²) in [4.78, 5) is 31.5. The number of carbonyl (C=O) groups excluding carboxylic acids is 2. The number of hydrogen-bond donors (Lipinski definition) is 2. The highest BCUT2D eigenvalue weighted by molar-refractivity contribution is 5.97. The topological polar surface area (TPSA) is 78.7 Å². The van der Waals surface area contributed by atoms with Gasteiger partial charge in [-0.1, -0.05) is 43.7 Å². The van der Waals surface area contributed by atoms with Crippen LogP contribution in [-0.4, -0.2) is 59.9 Å². The van der Waals surface area contributed by atoms with E-state index in [4.69, 9.17) is 5.73 Å². The largest absolute Gasteiger partial charge is 0.354 e. The number of benzene rings is 2. The van der Waals surface area contributed by atoms with Crippen molar-refractivity contribution in [3.8, 4) is 0 Å². The van der Waals surface area contributed by atoms with Gasteiger partial charge in [0, 0.05) is 37.8 Å². The van der Waals surface area contributed by atoms with E-state index in [9.17, 15) is 14.0 Å². The molecule has 1 saturated heterocycles. The first kappa shape index (κ1) is 30.2. The fraction of sp³-hybridized carbons (Fsp3) is 0.576. The average Bonchev–Trinajstić information content (AvgIpc) is 2.96. The molecule has 1 heterocycles. The molecule has 218 valence electrons. The van der Waals surface area contributed by atoms with Crippen LogP contribution in [0, 0.1) is 30.5 Å². The van der Waals surface area contributed by atoms with E-state index in [1.54, 1.807) is 4.90 Å². The van der Waals surface area contributed by atoms with Crippen LogP contribution in [0.3, 0.4) is 0 Å². The first-order chi connectivity index (χ1) is 19.2. The zero-order valence-electron chi connectivity index (χ0n) is 24.4. The molecule has 0 aromatic heterocycles. The predicted molar refractivity (Wildman–Crippen MR) is 158 cm³/mol. The summed E-state index contributed by atoms with van der Waals surface area (Å²) in [6.45, 7) is 10.1. The summed E-state index contributed by atoms with van der Waals surface area (Å²) in [7, 11) is 0. The molecular formula is C33H47FN4O2. The molecule has 6 nitrogen and oxygen atoms in total. The highest BCUT2D eigenvalue weighted by Gasteiger charge is 2.39. The van der Waals surface area contributed by atoms with Crippen LogP contribution in [0.25, 0.3) is 0 Å². The van der Waals surface area contributed by atoms with Crippen LogP contribution in [0.4, 0.5) is 4.39 Å². The third kappa shape index (κ3) is 8.14. The van der Waals surface area contributed by atoms with E-state index in [2.05, 4.69) is 55.3 Å². The summed E-state index contributed by atoms with van der Waals surface area (Å²) in [6, 6.07) is 13.9. The van der Waals surface area contributed by atoms with E-state index in [0.29, 0.717) is 42.8 Å². The monoisotopic (exact) mass is 550 g/mol. The standard InChI is InChI=1S/C33H47FN4O2/c1-23(2)21-37(22-27-6-4-24(3)5-7-27)30-16-17-38(33(40)28-12-14-29(34)15-13-28)31(18-30)32(39)36-20-26-10-8-25(19-35)9-11-26/h4-7,12-15,23,25-26,30-31H,8-11,16-22,35H2,1-3H3,(H,36,39)/t25?,26?,30?,31-/m1/s1. The second-order valence-corrected chi connectivity index (χ2v) is 12.4. The lowest BCUT2D eigenvalue weighted by Gasteiger charge is -2.43. The van der Waals surface area contributed by atoms with Crippen LogP contribution in [0.5, 0.6) is 0 Å². The molecule has 0 spiro atoms. The molecule has 2 atom stereocenters. The quantitative estimate of drug-likeness (QED) is 0.429. The number of aryl methyl sites for hydroxylation is 1. The zero-order valence-corrected chi connectivity index (χ0v) is 24.4. The summed E-state index contributed by atoms with van der Waals surface area (Å²) < 4.78 is 13.6. The molecule has 1 unspecified atom stereocenters. The summed E-state index contributed by atoms with van der Waals surface area (Å²) in [6.07, 6.45) is 5.75. The molecule has 7 heteroatoms. The van der Waals surface area contributed by atoms with Crippen LogP contribution in [0.1, 0.15) is 73.9 Å². The Bertz CT molecular complexity index is 1100. The van der Waals surface area contributed by atoms with Crippen LogP contribution < -0.4 is 11.1 Å². The van der Waals surface area contributed by atoms with Crippen molar-refractivity contribution in [2.24, 2.45) is 23.5 Å². The third-order valence-corrected chi connectivity index (χ3v) is 8.72. The smallest absolute Gasteiger partial charge is 0.254 e. The fourth-order valence-electron chi connectivity index (χ4n) is 6.30. The number of carbonyl (C=O) groups is 2. The summed E-state index contributed by atoms with van der Waals surface area (Å²) in [5.41, 5.74) is 8.76. The number of nitrogens with one attached hydrogen (secondary N) is 1. The first-order valence-electron chi connectivity index (χ1n) is 15.1. The summed E-state index contributed by atoms with van der Waals surface area (Å²) in [5.74, 6) is 0.841. The molecule has 1 aliphatic heterocycles. The molecule has 2 aromatic carbocycles. The van der Waals surface area contributed by atoms with Crippen molar-refractivity contribution in [1.82, 2.24) is 15.1 Å². The lowest BCUT2D eigenvalue weighted by Crippen LogP contribution is -2.58. The van der Waals surface area contributed by atoms with E-state index in [-0.39, 0.29) is 23.7 Å². The Labute approximate surface area is 239 Å². The van der Waals surface area contributed by atoms with Crippen molar-refractivity contribution in [1.29, 1.82) is 0 Å². The number of nitrogens with two attached hydrogens (primary N) is 1. The molecule has 3 N–H and O–H groups in total. The van der Waals surface area contributed by atoms with Gasteiger partial charge in [0.15, 0.2) is 0 Å². The number of likely N-dealkylation sites (tertiary alicyclic amines) is 1. The minimum atomic E-state index is -0.565. The van der Waals surface area contributed by atoms with Gasteiger partial charge >= 0.3 is 0 Å². The highest BCUT2D eigenvalue weighted by atomic mass is 19.1. The lowest BCUT2D eigenvalue weighted by atomic mass is 9.82. The molecule has 2 aromatic rings. The number of nitrogens with zero attached hydrogens (tertiary/aromatic N) is 2. The van der Waals surface area contributed by atoms with Gasteiger partial charge in [0.25, 0.3) is 5.91 Å². The van der Waals surface area contributed by atoms with E-state index in [1.165, 1.54) is 35.4 Å². The van der Waals surface area contributed by atoms with E-state index < -0.39 is 6.04 Å². The molecule has 2 fully saturated rings. The van der Waals surface area contributed by atoms with Crippen molar-refractivity contribution in [2.75, 3.05) is 26.2 Å². The third-order valence-electron chi connectivity index (χ3n) is 8.72. The van der Waals surface area contributed by atoms with Crippen LogP contribution in [0.2, 0.25) is 0 Å². The van der Waals surface area contributed by atoms with Gasteiger partial charge in [-0.05, 0) is 99.6 Å². The summed E-state index contributed by atoms with van der Waals surface area (Å²) >= 11 is 0. The van der Waals surface area contributed by atoms with Crippen LogP contribution in [-0.2, 0) is 11.3 Å². The van der Waals surface area contributed by atoms with Gasteiger partial charge in [-0.15, -0.1) is 0 Å².